The molecule has 0 saturated carbocycles. The van der Waals surface area contributed by atoms with Crippen molar-refractivity contribution >= 4 is 5.82 Å². The monoisotopic (exact) mass is 257 g/mol. The van der Waals surface area contributed by atoms with Gasteiger partial charge in [0.1, 0.15) is 0 Å². The molecule has 0 spiro atoms. The van der Waals surface area contributed by atoms with E-state index in [2.05, 4.69) is 28.3 Å². The minimum Gasteiger partial charge on any atom is -0.490 e. The molecular formula is C15H19N3O. The molecule has 0 radical (unpaired) electrons. The Morgan fingerprint density at radius 3 is 2.89 bits per heavy atom. The summed E-state index contributed by atoms with van der Waals surface area (Å²) in [5.74, 6) is 1.62. The maximum absolute atomic E-state index is 5.65. The van der Waals surface area contributed by atoms with E-state index in [1.54, 1.807) is 12.4 Å². The molecule has 100 valence electrons. The Kier molecular flexibility index (Phi) is 5.17. The zero-order valence-electron chi connectivity index (χ0n) is 11.2. The van der Waals surface area contributed by atoms with Gasteiger partial charge in [0.25, 0.3) is 0 Å². The molecule has 2 rings (SSSR count). The van der Waals surface area contributed by atoms with Crippen LogP contribution in [0.5, 0.6) is 5.75 Å². The Morgan fingerprint density at radius 2 is 2.11 bits per heavy atom. The first kappa shape index (κ1) is 13.3. The van der Waals surface area contributed by atoms with Gasteiger partial charge < -0.3 is 10.1 Å². The highest BCUT2D eigenvalue weighted by Crippen LogP contribution is 2.20. The lowest BCUT2D eigenvalue weighted by molar-refractivity contribution is 0.318. The van der Waals surface area contributed by atoms with Gasteiger partial charge in [0.2, 0.25) is 0 Å². The number of pyridine rings is 2. The van der Waals surface area contributed by atoms with Crippen LogP contribution in [0.4, 0.5) is 5.82 Å². The lowest BCUT2D eigenvalue weighted by Crippen LogP contribution is -2.08. The second kappa shape index (κ2) is 7.36. The minimum absolute atomic E-state index is 0.711. The van der Waals surface area contributed by atoms with E-state index < -0.39 is 0 Å². The number of aromatic nitrogens is 2. The molecule has 0 bridgehead atoms. The van der Waals surface area contributed by atoms with E-state index in [1.165, 1.54) is 5.56 Å². The lowest BCUT2D eigenvalue weighted by Gasteiger charge is -2.11. The Bertz CT molecular complexity index is 488. The standard InChI is InChI=1S/C15H19N3O/c1-2-11-19-14-6-4-9-17-15(14)18-10-7-13-5-3-8-16-12-13/h3-6,8-9,12H,2,7,10-11H2,1H3,(H,17,18). The summed E-state index contributed by atoms with van der Waals surface area (Å²) in [7, 11) is 0. The fourth-order valence-corrected chi connectivity index (χ4v) is 1.72. The summed E-state index contributed by atoms with van der Waals surface area (Å²) in [6.07, 6.45) is 7.34. The van der Waals surface area contributed by atoms with E-state index >= 15 is 0 Å². The third kappa shape index (κ3) is 4.25. The molecule has 4 nitrogen and oxygen atoms in total. The van der Waals surface area contributed by atoms with Crippen LogP contribution >= 0.6 is 0 Å². The zero-order valence-corrected chi connectivity index (χ0v) is 11.2. The fraction of sp³-hybridized carbons (Fsp3) is 0.333. The van der Waals surface area contributed by atoms with Crippen LogP contribution in [0.15, 0.2) is 42.9 Å². The molecule has 0 aliphatic heterocycles. The molecule has 0 aliphatic rings. The third-order valence-corrected chi connectivity index (χ3v) is 2.66. The van der Waals surface area contributed by atoms with Crippen molar-refractivity contribution < 1.29 is 4.74 Å². The number of hydrogen-bond donors (Lipinski definition) is 1. The molecule has 19 heavy (non-hydrogen) atoms. The predicted molar refractivity (Wildman–Crippen MR) is 76.5 cm³/mol. The van der Waals surface area contributed by atoms with Gasteiger partial charge in [-0.05, 0) is 36.6 Å². The van der Waals surface area contributed by atoms with E-state index in [-0.39, 0.29) is 0 Å². The van der Waals surface area contributed by atoms with Gasteiger partial charge in [0.05, 0.1) is 6.61 Å². The van der Waals surface area contributed by atoms with E-state index in [9.17, 15) is 0 Å². The molecular weight excluding hydrogens is 238 g/mol. The SMILES string of the molecule is CCCOc1cccnc1NCCc1cccnc1. The van der Waals surface area contributed by atoms with Crippen molar-refractivity contribution in [1.29, 1.82) is 0 Å². The van der Waals surface area contributed by atoms with Crippen LogP contribution in [0.3, 0.4) is 0 Å². The average Bonchev–Trinajstić information content (AvgIpc) is 2.47. The highest BCUT2D eigenvalue weighted by atomic mass is 16.5. The largest absolute Gasteiger partial charge is 0.490 e. The molecule has 2 aromatic heterocycles. The number of nitrogens with zero attached hydrogens (tertiary/aromatic N) is 2. The maximum atomic E-state index is 5.65. The Labute approximate surface area is 113 Å². The van der Waals surface area contributed by atoms with Crippen molar-refractivity contribution in [3.63, 3.8) is 0 Å². The minimum atomic E-state index is 0.711. The fourth-order valence-electron chi connectivity index (χ4n) is 1.72. The van der Waals surface area contributed by atoms with E-state index in [1.807, 2.05) is 24.4 Å². The molecule has 0 aliphatic carbocycles. The maximum Gasteiger partial charge on any atom is 0.168 e. The Morgan fingerprint density at radius 1 is 1.21 bits per heavy atom. The van der Waals surface area contributed by atoms with Gasteiger partial charge >= 0.3 is 0 Å². The number of ether oxygens (including phenoxy) is 1. The molecule has 2 aromatic rings. The highest BCUT2D eigenvalue weighted by Gasteiger charge is 2.03. The first-order valence-corrected chi connectivity index (χ1v) is 6.60. The molecule has 0 amide bonds. The van der Waals surface area contributed by atoms with Gasteiger partial charge in [0, 0.05) is 25.1 Å². The van der Waals surface area contributed by atoms with Crippen LogP contribution in [0, 0.1) is 0 Å². The number of anilines is 1. The highest BCUT2D eigenvalue weighted by molar-refractivity contribution is 5.49. The molecule has 1 N–H and O–H groups in total. The second-order valence-corrected chi connectivity index (χ2v) is 4.24. The summed E-state index contributed by atoms with van der Waals surface area (Å²) in [6.45, 7) is 3.61. The molecule has 2 heterocycles. The molecule has 4 heteroatoms. The van der Waals surface area contributed by atoms with Gasteiger partial charge in [-0.15, -0.1) is 0 Å². The Balaban J connectivity index is 1.88. The Hall–Kier alpha value is -2.10. The summed E-state index contributed by atoms with van der Waals surface area (Å²) in [5.41, 5.74) is 1.21. The van der Waals surface area contributed by atoms with E-state index in [0.717, 1.165) is 31.0 Å². The summed E-state index contributed by atoms with van der Waals surface area (Å²) in [5, 5.41) is 3.31. The van der Waals surface area contributed by atoms with Crippen LogP contribution < -0.4 is 10.1 Å². The smallest absolute Gasteiger partial charge is 0.168 e. The van der Waals surface area contributed by atoms with Crippen molar-refractivity contribution in [3.8, 4) is 5.75 Å². The van der Waals surface area contributed by atoms with Crippen LogP contribution in [-0.2, 0) is 6.42 Å². The number of rotatable bonds is 7. The van der Waals surface area contributed by atoms with E-state index in [0.29, 0.717) is 6.61 Å². The van der Waals surface area contributed by atoms with Crippen LogP contribution in [0.1, 0.15) is 18.9 Å². The molecule has 0 saturated heterocycles. The topological polar surface area (TPSA) is 47.0 Å². The van der Waals surface area contributed by atoms with Gasteiger partial charge in [-0.25, -0.2) is 4.98 Å². The summed E-state index contributed by atoms with van der Waals surface area (Å²) >= 11 is 0. The van der Waals surface area contributed by atoms with Crippen molar-refractivity contribution in [2.75, 3.05) is 18.5 Å². The van der Waals surface area contributed by atoms with Crippen molar-refractivity contribution in [2.24, 2.45) is 0 Å². The number of nitrogens with one attached hydrogen (secondary N) is 1. The molecule has 0 aromatic carbocycles. The second-order valence-electron chi connectivity index (χ2n) is 4.24. The molecule has 0 atom stereocenters. The summed E-state index contributed by atoms with van der Waals surface area (Å²) in [6, 6.07) is 7.85. The molecule has 0 fully saturated rings. The number of hydrogen-bond acceptors (Lipinski definition) is 4. The van der Waals surface area contributed by atoms with Crippen molar-refractivity contribution in [2.45, 2.75) is 19.8 Å². The molecule has 0 unspecified atom stereocenters. The first-order valence-electron chi connectivity index (χ1n) is 6.60. The van der Waals surface area contributed by atoms with Crippen LogP contribution in [0.2, 0.25) is 0 Å². The summed E-state index contributed by atoms with van der Waals surface area (Å²) < 4.78 is 5.65. The van der Waals surface area contributed by atoms with Gasteiger partial charge in [0.15, 0.2) is 11.6 Å². The van der Waals surface area contributed by atoms with Crippen molar-refractivity contribution in [3.05, 3.63) is 48.4 Å². The zero-order chi connectivity index (χ0) is 13.3. The van der Waals surface area contributed by atoms with Gasteiger partial charge in [-0.3, -0.25) is 4.98 Å². The lowest BCUT2D eigenvalue weighted by atomic mass is 10.2. The quantitative estimate of drug-likeness (QED) is 0.828. The normalized spacial score (nSPS) is 10.2. The predicted octanol–water partition coefficient (Wildman–Crippen LogP) is 2.92. The first-order chi connectivity index (χ1) is 9.40. The van der Waals surface area contributed by atoms with Gasteiger partial charge in [-0.2, -0.15) is 0 Å². The van der Waals surface area contributed by atoms with Gasteiger partial charge in [-0.1, -0.05) is 13.0 Å². The summed E-state index contributed by atoms with van der Waals surface area (Å²) in [4.78, 5) is 8.41. The average molecular weight is 257 g/mol. The third-order valence-electron chi connectivity index (χ3n) is 2.66. The van der Waals surface area contributed by atoms with Crippen LogP contribution in [0.25, 0.3) is 0 Å². The van der Waals surface area contributed by atoms with Crippen LogP contribution in [-0.4, -0.2) is 23.1 Å². The van der Waals surface area contributed by atoms with Crippen molar-refractivity contribution in [1.82, 2.24) is 9.97 Å². The van der Waals surface area contributed by atoms with E-state index in [4.69, 9.17) is 4.74 Å².